The van der Waals surface area contributed by atoms with E-state index in [-0.39, 0.29) is 18.4 Å². The standard InChI is InChI=1S/C10H18N2O3/c1-2-15-9(13)7-12-6-4-3-5-8(11)10(12)14/h8H,2-7,11H2,1H3. The normalized spacial score (nSPS) is 22.4. The molecule has 1 saturated heterocycles. The lowest BCUT2D eigenvalue weighted by atomic mass is 10.1. The van der Waals surface area contributed by atoms with Gasteiger partial charge in [-0.3, -0.25) is 9.59 Å². The predicted octanol–water partition coefficient (Wildman–Crippen LogP) is -0.111. The molecule has 0 aromatic heterocycles. The molecule has 0 aromatic carbocycles. The summed E-state index contributed by atoms with van der Waals surface area (Å²) in [6, 6.07) is -0.457. The molecule has 1 heterocycles. The highest BCUT2D eigenvalue weighted by Crippen LogP contribution is 2.10. The molecule has 5 heteroatoms. The van der Waals surface area contributed by atoms with Crippen molar-refractivity contribution in [3.63, 3.8) is 0 Å². The second kappa shape index (κ2) is 5.70. The third kappa shape index (κ3) is 3.51. The van der Waals surface area contributed by atoms with E-state index in [0.29, 0.717) is 19.6 Å². The monoisotopic (exact) mass is 214 g/mol. The zero-order valence-electron chi connectivity index (χ0n) is 9.07. The van der Waals surface area contributed by atoms with Gasteiger partial charge in [0.25, 0.3) is 0 Å². The summed E-state index contributed by atoms with van der Waals surface area (Å²) in [6.45, 7) is 2.71. The number of carbonyl (C=O) groups is 2. The van der Waals surface area contributed by atoms with Crippen LogP contribution in [0.15, 0.2) is 0 Å². The molecular weight excluding hydrogens is 196 g/mol. The van der Waals surface area contributed by atoms with Crippen molar-refractivity contribution in [1.29, 1.82) is 0 Å². The Labute approximate surface area is 89.6 Å². The molecule has 0 aromatic rings. The SMILES string of the molecule is CCOC(=O)CN1CCCCC(N)C1=O. The van der Waals surface area contributed by atoms with Crippen LogP contribution in [0.3, 0.4) is 0 Å². The second-order valence-electron chi connectivity index (χ2n) is 3.67. The number of rotatable bonds is 3. The third-order valence-electron chi connectivity index (χ3n) is 2.45. The maximum atomic E-state index is 11.7. The highest BCUT2D eigenvalue weighted by molar-refractivity contribution is 5.85. The summed E-state index contributed by atoms with van der Waals surface area (Å²) >= 11 is 0. The molecule has 0 spiro atoms. The van der Waals surface area contributed by atoms with Gasteiger partial charge in [0.2, 0.25) is 5.91 Å². The van der Waals surface area contributed by atoms with Crippen molar-refractivity contribution < 1.29 is 14.3 Å². The Balaban J connectivity index is 2.51. The van der Waals surface area contributed by atoms with Crippen LogP contribution in [0.1, 0.15) is 26.2 Å². The Hall–Kier alpha value is -1.10. The van der Waals surface area contributed by atoms with Crippen LogP contribution in [-0.4, -0.2) is 42.5 Å². The van der Waals surface area contributed by atoms with Crippen molar-refractivity contribution >= 4 is 11.9 Å². The topological polar surface area (TPSA) is 72.6 Å². The summed E-state index contributed by atoms with van der Waals surface area (Å²) in [5, 5.41) is 0. The number of hydrogen-bond donors (Lipinski definition) is 1. The van der Waals surface area contributed by atoms with E-state index in [2.05, 4.69) is 0 Å². The lowest BCUT2D eigenvalue weighted by Gasteiger charge is -2.21. The molecule has 86 valence electrons. The van der Waals surface area contributed by atoms with Crippen LogP contribution in [0.5, 0.6) is 0 Å². The molecule has 1 aliphatic heterocycles. The Kier molecular flexibility index (Phi) is 4.55. The molecule has 0 radical (unpaired) electrons. The lowest BCUT2D eigenvalue weighted by molar-refractivity contribution is -0.149. The lowest BCUT2D eigenvalue weighted by Crippen LogP contribution is -2.44. The fraction of sp³-hybridized carbons (Fsp3) is 0.800. The number of amides is 1. The van der Waals surface area contributed by atoms with E-state index in [4.69, 9.17) is 10.5 Å². The van der Waals surface area contributed by atoms with Crippen LogP contribution in [0, 0.1) is 0 Å². The van der Waals surface area contributed by atoms with Crippen LogP contribution in [0.4, 0.5) is 0 Å². The first-order valence-electron chi connectivity index (χ1n) is 5.35. The van der Waals surface area contributed by atoms with Crippen molar-refractivity contribution in [2.45, 2.75) is 32.2 Å². The summed E-state index contributed by atoms with van der Waals surface area (Å²) in [7, 11) is 0. The number of ether oxygens (including phenoxy) is 1. The Morgan fingerprint density at radius 2 is 2.33 bits per heavy atom. The molecule has 15 heavy (non-hydrogen) atoms. The average molecular weight is 214 g/mol. The molecule has 5 nitrogen and oxygen atoms in total. The third-order valence-corrected chi connectivity index (χ3v) is 2.45. The van der Waals surface area contributed by atoms with Gasteiger partial charge in [-0.15, -0.1) is 0 Å². The van der Waals surface area contributed by atoms with E-state index in [1.165, 1.54) is 4.90 Å². The van der Waals surface area contributed by atoms with E-state index in [9.17, 15) is 9.59 Å². The minimum absolute atomic E-state index is 0.0281. The first kappa shape index (κ1) is 12.0. The number of likely N-dealkylation sites (tertiary alicyclic amines) is 1. The Morgan fingerprint density at radius 1 is 1.60 bits per heavy atom. The maximum absolute atomic E-state index is 11.7. The van der Waals surface area contributed by atoms with Gasteiger partial charge in [-0.2, -0.15) is 0 Å². The van der Waals surface area contributed by atoms with E-state index >= 15 is 0 Å². The van der Waals surface area contributed by atoms with Crippen molar-refractivity contribution in [1.82, 2.24) is 4.90 Å². The molecule has 0 saturated carbocycles. The number of nitrogens with two attached hydrogens (primary N) is 1. The van der Waals surface area contributed by atoms with Crippen molar-refractivity contribution in [2.24, 2.45) is 5.73 Å². The summed E-state index contributed by atoms with van der Waals surface area (Å²) < 4.78 is 4.80. The summed E-state index contributed by atoms with van der Waals surface area (Å²) in [4.78, 5) is 24.4. The molecular formula is C10H18N2O3. The number of hydrogen-bond acceptors (Lipinski definition) is 4. The van der Waals surface area contributed by atoms with Gasteiger partial charge in [0.1, 0.15) is 6.54 Å². The first-order chi connectivity index (χ1) is 7.15. The van der Waals surface area contributed by atoms with Gasteiger partial charge >= 0.3 is 5.97 Å². The average Bonchev–Trinajstić information content (AvgIpc) is 2.34. The van der Waals surface area contributed by atoms with E-state index in [1.807, 2.05) is 0 Å². The summed E-state index contributed by atoms with van der Waals surface area (Å²) in [6.07, 6.45) is 2.54. The molecule has 1 amide bonds. The minimum atomic E-state index is -0.457. The summed E-state index contributed by atoms with van der Waals surface area (Å²) in [5.74, 6) is -0.500. The zero-order valence-corrected chi connectivity index (χ0v) is 9.07. The molecule has 1 unspecified atom stereocenters. The van der Waals surface area contributed by atoms with Gasteiger partial charge in [0.05, 0.1) is 12.6 Å². The molecule has 0 bridgehead atoms. The smallest absolute Gasteiger partial charge is 0.325 e. The van der Waals surface area contributed by atoms with Gasteiger partial charge in [-0.1, -0.05) is 0 Å². The van der Waals surface area contributed by atoms with E-state index < -0.39 is 6.04 Å². The van der Waals surface area contributed by atoms with Crippen LogP contribution in [0.25, 0.3) is 0 Å². The van der Waals surface area contributed by atoms with Gasteiger partial charge in [0.15, 0.2) is 0 Å². The fourth-order valence-electron chi connectivity index (χ4n) is 1.65. The highest BCUT2D eigenvalue weighted by Gasteiger charge is 2.25. The Bertz CT molecular complexity index is 243. The van der Waals surface area contributed by atoms with Crippen LogP contribution < -0.4 is 5.73 Å². The number of carbonyl (C=O) groups excluding carboxylic acids is 2. The number of nitrogens with zero attached hydrogens (tertiary/aromatic N) is 1. The van der Waals surface area contributed by atoms with Gasteiger partial charge in [-0.05, 0) is 26.2 Å². The van der Waals surface area contributed by atoms with Crippen LogP contribution in [-0.2, 0) is 14.3 Å². The van der Waals surface area contributed by atoms with Crippen LogP contribution in [0.2, 0.25) is 0 Å². The molecule has 0 aliphatic carbocycles. The van der Waals surface area contributed by atoms with Gasteiger partial charge < -0.3 is 15.4 Å². The largest absolute Gasteiger partial charge is 0.465 e. The minimum Gasteiger partial charge on any atom is -0.465 e. The molecule has 1 aliphatic rings. The Morgan fingerprint density at radius 3 is 3.00 bits per heavy atom. The number of esters is 1. The first-order valence-corrected chi connectivity index (χ1v) is 5.35. The van der Waals surface area contributed by atoms with Gasteiger partial charge in [-0.25, -0.2) is 0 Å². The second-order valence-corrected chi connectivity index (χ2v) is 3.67. The van der Waals surface area contributed by atoms with E-state index in [1.54, 1.807) is 6.92 Å². The zero-order chi connectivity index (χ0) is 11.3. The predicted molar refractivity (Wildman–Crippen MR) is 55.0 cm³/mol. The molecule has 2 N–H and O–H groups in total. The summed E-state index contributed by atoms with van der Waals surface area (Å²) in [5.41, 5.74) is 5.68. The van der Waals surface area contributed by atoms with Crippen molar-refractivity contribution in [3.05, 3.63) is 0 Å². The fourth-order valence-corrected chi connectivity index (χ4v) is 1.65. The highest BCUT2D eigenvalue weighted by atomic mass is 16.5. The van der Waals surface area contributed by atoms with Gasteiger partial charge in [0, 0.05) is 6.54 Å². The molecule has 1 atom stereocenters. The molecule has 1 rings (SSSR count). The van der Waals surface area contributed by atoms with Crippen molar-refractivity contribution in [2.75, 3.05) is 19.7 Å². The molecule has 1 fully saturated rings. The maximum Gasteiger partial charge on any atom is 0.325 e. The van der Waals surface area contributed by atoms with E-state index in [0.717, 1.165) is 12.8 Å². The van der Waals surface area contributed by atoms with Crippen LogP contribution >= 0.6 is 0 Å². The quantitative estimate of drug-likeness (QED) is 0.665. The van der Waals surface area contributed by atoms with Crippen molar-refractivity contribution in [3.8, 4) is 0 Å².